The molecule has 2 nitrogen and oxygen atoms in total. The molecule has 0 bridgehead atoms. The van der Waals surface area contributed by atoms with Crippen molar-refractivity contribution in [2.24, 2.45) is 0 Å². The Morgan fingerprint density at radius 1 is 1.55 bits per heavy atom. The molecule has 3 heteroatoms. The highest BCUT2D eigenvalue weighted by atomic mass is 79.9. The minimum atomic E-state index is 1.01. The van der Waals surface area contributed by atoms with E-state index in [1.54, 1.807) is 0 Å². The van der Waals surface area contributed by atoms with Crippen molar-refractivity contribution in [3.8, 4) is 0 Å². The monoisotopic (exact) mass is 214 g/mol. The number of aromatic nitrogens is 1. The van der Waals surface area contributed by atoms with Crippen LogP contribution >= 0.6 is 15.9 Å². The van der Waals surface area contributed by atoms with Crippen LogP contribution in [0.1, 0.15) is 12.1 Å². The van der Waals surface area contributed by atoms with Crippen molar-refractivity contribution >= 4 is 15.9 Å². The van der Waals surface area contributed by atoms with Gasteiger partial charge in [0, 0.05) is 29.5 Å². The summed E-state index contributed by atoms with van der Waals surface area (Å²) in [5, 5.41) is 3.38. The summed E-state index contributed by atoms with van der Waals surface area (Å²) in [4.78, 5) is 0. The largest absolute Gasteiger partial charge is 0.349 e. The van der Waals surface area contributed by atoms with Gasteiger partial charge >= 0.3 is 0 Å². The molecular weight excluding hydrogens is 204 g/mol. The Bertz CT molecular complexity index is 231. The Balaban J connectivity index is 2.32. The molecule has 0 saturated carbocycles. The molecule has 0 spiro atoms. The molecule has 2 heterocycles. The Morgan fingerprint density at radius 3 is 3.36 bits per heavy atom. The first-order valence-corrected chi connectivity index (χ1v) is 4.71. The molecule has 1 aromatic rings. The first-order valence-electron chi connectivity index (χ1n) is 3.91. The molecule has 0 saturated heterocycles. The summed E-state index contributed by atoms with van der Waals surface area (Å²) < 4.78 is 3.50. The molecular formula is C8H11BrN2. The van der Waals surface area contributed by atoms with E-state index in [1.807, 2.05) is 0 Å². The van der Waals surface area contributed by atoms with E-state index in [-0.39, 0.29) is 0 Å². The van der Waals surface area contributed by atoms with Crippen molar-refractivity contribution in [1.29, 1.82) is 0 Å². The second-order valence-electron chi connectivity index (χ2n) is 2.87. The highest BCUT2D eigenvalue weighted by molar-refractivity contribution is 9.10. The molecule has 1 aromatic heterocycles. The van der Waals surface area contributed by atoms with Crippen LogP contribution in [-0.4, -0.2) is 11.1 Å². The zero-order chi connectivity index (χ0) is 7.68. The standard InChI is InChI=1S/C8H11BrN2/c9-7-4-8-5-10-2-1-3-11(8)6-7/h4,6,10H,1-3,5H2. The van der Waals surface area contributed by atoms with Crippen molar-refractivity contribution in [2.75, 3.05) is 6.54 Å². The van der Waals surface area contributed by atoms with Gasteiger partial charge in [-0.1, -0.05) is 0 Å². The van der Waals surface area contributed by atoms with Crippen LogP contribution < -0.4 is 5.32 Å². The van der Waals surface area contributed by atoms with Crippen molar-refractivity contribution in [1.82, 2.24) is 9.88 Å². The van der Waals surface area contributed by atoms with Gasteiger partial charge in [0.1, 0.15) is 0 Å². The maximum atomic E-state index is 3.47. The van der Waals surface area contributed by atoms with E-state index in [4.69, 9.17) is 0 Å². The lowest BCUT2D eigenvalue weighted by Crippen LogP contribution is -2.11. The lowest BCUT2D eigenvalue weighted by molar-refractivity contribution is 0.644. The quantitative estimate of drug-likeness (QED) is 0.697. The van der Waals surface area contributed by atoms with Gasteiger partial charge in [-0.25, -0.2) is 0 Å². The molecule has 1 aliphatic heterocycles. The average Bonchev–Trinajstić information content (AvgIpc) is 2.17. The Hall–Kier alpha value is -0.280. The third-order valence-corrected chi connectivity index (χ3v) is 2.44. The molecule has 1 N–H and O–H groups in total. The van der Waals surface area contributed by atoms with Crippen molar-refractivity contribution in [3.63, 3.8) is 0 Å². The maximum Gasteiger partial charge on any atom is 0.0359 e. The van der Waals surface area contributed by atoms with Gasteiger partial charge < -0.3 is 9.88 Å². The summed E-state index contributed by atoms with van der Waals surface area (Å²) in [6.45, 7) is 3.29. The van der Waals surface area contributed by atoms with Crippen LogP contribution in [0.4, 0.5) is 0 Å². The second-order valence-corrected chi connectivity index (χ2v) is 3.79. The molecule has 11 heavy (non-hydrogen) atoms. The number of hydrogen-bond acceptors (Lipinski definition) is 1. The summed E-state index contributed by atoms with van der Waals surface area (Å²) in [7, 11) is 0. The summed E-state index contributed by atoms with van der Waals surface area (Å²) >= 11 is 3.47. The predicted octanol–water partition coefficient (Wildman–Crippen LogP) is 1.74. The first kappa shape index (κ1) is 7.37. The number of fused-ring (bicyclic) bond motifs is 1. The van der Waals surface area contributed by atoms with Crippen LogP contribution in [-0.2, 0) is 13.1 Å². The fourth-order valence-electron chi connectivity index (χ4n) is 1.46. The van der Waals surface area contributed by atoms with Gasteiger partial charge in [0.15, 0.2) is 0 Å². The molecule has 0 fully saturated rings. The van der Waals surface area contributed by atoms with Crippen molar-refractivity contribution < 1.29 is 0 Å². The fourth-order valence-corrected chi connectivity index (χ4v) is 1.97. The van der Waals surface area contributed by atoms with Gasteiger partial charge in [0.05, 0.1) is 0 Å². The molecule has 0 aromatic carbocycles. The lowest BCUT2D eigenvalue weighted by Gasteiger charge is -2.00. The van der Waals surface area contributed by atoms with E-state index in [9.17, 15) is 0 Å². The van der Waals surface area contributed by atoms with Gasteiger partial charge in [-0.15, -0.1) is 0 Å². The molecule has 0 amide bonds. The summed E-state index contributed by atoms with van der Waals surface area (Å²) in [5.41, 5.74) is 1.38. The molecule has 0 aliphatic carbocycles. The third-order valence-electron chi connectivity index (χ3n) is 2.01. The van der Waals surface area contributed by atoms with E-state index in [2.05, 4.69) is 38.1 Å². The third kappa shape index (κ3) is 1.49. The number of nitrogens with zero attached hydrogens (tertiary/aromatic N) is 1. The first-order chi connectivity index (χ1) is 5.36. The normalized spacial score (nSPS) is 17.5. The number of hydrogen-bond donors (Lipinski definition) is 1. The van der Waals surface area contributed by atoms with E-state index < -0.39 is 0 Å². The van der Waals surface area contributed by atoms with Gasteiger partial charge in [0.2, 0.25) is 0 Å². The molecule has 0 radical (unpaired) electrons. The molecule has 0 atom stereocenters. The smallest absolute Gasteiger partial charge is 0.0359 e. The Kier molecular flexibility index (Phi) is 2.00. The number of nitrogens with one attached hydrogen (secondary N) is 1. The highest BCUT2D eigenvalue weighted by Gasteiger charge is 2.06. The van der Waals surface area contributed by atoms with Crippen LogP contribution in [0.5, 0.6) is 0 Å². The average molecular weight is 215 g/mol. The van der Waals surface area contributed by atoms with Gasteiger partial charge in [-0.05, 0) is 35.0 Å². The van der Waals surface area contributed by atoms with E-state index >= 15 is 0 Å². The number of rotatable bonds is 0. The van der Waals surface area contributed by atoms with Crippen LogP contribution in [0.2, 0.25) is 0 Å². The summed E-state index contributed by atoms with van der Waals surface area (Å²) in [6.07, 6.45) is 3.39. The zero-order valence-corrected chi connectivity index (χ0v) is 7.89. The maximum absolute atomic E-state index is 3.47. The van der Waals surface area contributed by atoms with Crippen molar-refractivity contribution in [3.05, 3.63) is 22.4 Å². The number of halogens is 1. The van der Waals surface area contributed by atoms with E-state index in [0.717, 1.165) is 19.6 Å². The topological polar surface area (TPSA) is 17.0 Å². The van der Waals surface area contributed by atoms with Crippen molar-refractivity contribution in [2.45, 2.75) is 19.5 Å². The zero-order valence-electron chi connectivity index (χ0n) is 6.31. The molecule has 0 unspecified atom stereocenters. The molecule has 2 rings (SSSR count). The molecule has 60 valence electrons. The van der Waals surface area contributed by atoms with Gasteiger partial charge in [-0.3, -0.25) is 0 Å². The van der Waals surface area contributed by atoms with Crippen LogP contribution in [0.25, 0.3) is 0 Å². The lowest BCUT2D eigenvalue weighted by atomic mass is 10.4. The summed E-state index contributed by atoms with van der Waals surface area (Å²) in [6, 6.07) is 2.18. The fraction of sp³-hybridized carbons (Fsp3) is 0.500. The summed E-state index contributed by atoms with van der Waals surface area (Å²) in [5.74, 6) is 0. The van der Waals surface area contributed by atoms with E-state index in [0.29, 0.717) is 0 Å². The Morgan fingerprint density at radius 2 is 2.45 bits per heavy atom. The SMILES string of the molecule is Brc1cc2n(c1)CCCNC2. The van der Waals surface area contributed by atoms with Gasteiger partial charge in [-0.2, -0.15) is 0 Å². The minimum Gasteiger partial charge on any atom is -0.349 e. The predicted molar refractivity (Wildman–Crippen MR) is 48.5 cm³/mol. The van der Waals surface area contributed by atoms with Crippen LogP contribution in [0.3, 0.4) is 0 Å². The highest BCUT2D eigenvalue weighted by Crippen LogP contribution is 2.16. The van der Waals surface area contributed by atoms with Crippen LogP contribution in [0.15, 0.2) is 16.7 Å². The minimum absolute atomic E-state index is 1.01. The van der Waals surface area contributed by atoms with E-state index in [1.165, 1.54) is 16.6 Å². The second kappa shape index (κ2) is 2.99. The number of aryl methyl sites for hydroxylation is 1. The molecule has 1 aliphatic rings. The Labute approximate surface area is 74.7 Å². The van der Waals surface area contributed by atoms with Gasteiger partial charge in [0.25, 0.3) is 0 Å². The van der Waals surface area contributed by atoms with Crippen LogP contribution in [0, 0.1) is 0 Å².